The second-order valence-corrected chi connectivity index (χ2v) is 10.8. The van der Waals surface area contributed by atoms with Gasteiger partial charge in [-0.25, -0.2) is 0 Å². The minimum Gasteiger partial charge on any atom is -0.352 e. The lowest BCUT2D eigenvalue weighted by atomic mass is 10.0. The predicted octanol–water partition coefficient (Wildman–Crippen LogP) is 5.76. The number of nitro groups is 1. The molecule has 0 aliphatic rings. The fraction of sp³-hybridized carbons (Fsp3) is 0.286. The summed E-state index contributed by atoms with van der Waals surface area (Å²) in [5, 5.41) is 13.9. The molecule has 3 aromatic rings. The number of benzene rings is 3. The van der Waals surface area contributed by atoms with Gasteiger partial charge >= 0.3 is 0 Å². The van der Waals surface area contributed by atoms with E-state index in [1.807, 2.05) is 68.4 Å². The summed E-state index contributed by atoms with van der Waals surface area (Å²) in [6, 6.07) is 23.0. The van der Waals surface area contributed by atoms with Gasteiger partial charge in [0.05, 0.1) is 10.7 Å². The largest absolute Gasteiger partial charge is 0.352 e. The second-order valence-electron chi connectivity index (χ2n) is 8.94. The highest BCUT2D eigenvalue weighted by atomic mass is 79.9. The summed E-state index contributed by atoms with van der Waals surface area (Å²) >= 11 is 4.91. The number of amides is 2. The third-order valence-corrected chi connectivity index (χ3v) is 7.07. The average molecular weight is 585 g/mol. The molecule has 0 bridgehead atoms. The number of non-ortho nitro benzene ring substituents is 1. The van der Waals surface area contributed by atoms with Crippen LogP contribution in [0.25, 0.3) is 0 Å². The van der Waals surface area contributed by atoms with Crippen molar-refractivity contribution in [1.82, 2.24) is 10.2 Å². The van der Waals surface area contributed by atoms with Gasteiger partial charge in [0.1, 0.15) is 6.04 Å². The number of nitro benzene ring substituents is 1. The third kappa shape index (κ3) is 9.02. The van der Waals surface area contributed by atoms with Gasteiger partial charge in [-0.3, -0.25) is 19.7 Å². The zero-order valence-corrected chi connectivity index (χ0v) is 23.2. The van der Waals surface area contributed by atoms with E-state index in [1.54, 1.807) is 17.0 Å². The maximum atomic E-state index is 13.6. The van der Waals surface area contributed by atoms with Crippen LogP contribution in [0.4, 0.5) is 5.69 Å². The number of hydrogen-bond donors (Lipinski definition) is 1. The second kappa shape index (κ2) is 13.9. The summed E-state index contributed by atoms with van der Waals surface area (Å²) in [6.07, 6.45) is 0.395. The number of carbonyl (C=O) groups excluding carboxylic acids is 2. The highest BCUT2D eigenvalue weighted by Gasteiger charge is 2.30. The van der Waals surface area contributed by atoms with Crippen LogP contribution < -0.4 is 5.32 Å². The van der Waals surface area contributed by atoms with Gasteiger partial charge < -0.3 is 10.2 Å². The molecule has 0 unspecified atom stereocenters. The summed E-state index contributed by atoms with van der Waals surface area (Å²) in [6.45, 7) is 4.09. The van der Waals surface area contributed by atoms with Crippen LogP contribution in [0.5, 0.6) is 0 Å². The first-order valence-electron chi connectivity index (χ1n) is 11.9. The Balaban J connectivity index is 1.82. The van der Waals surface area contributed by atoms with Crippen molar-refractivity contribution in [3.05, 3.63) is 110 Å². The molecule has 2 amide bonds. The van der Waals surface area contributed by atoms with E-state index in [9.17, 15) is 19.7 Å². The number of thioether (sulfide) groups is 1. The van der Waals surface area contributed by atoms with Crippen LogP contribution in [0.1, 0.15) is 30.5 Å². The molecule has 3 aromatic carbocycles. The normalized spacial score (nSPS) is 11.7. The van der Waals surface area contributed by atoms with E-state index in [4.69, 9.17) is 0 Å². The van der Waals surface area contributed by atoms with E-state index in [-0.39, 0.29) is 29.3 Å². The highest BCUT2D eigenvalue weighted by molar-refractivity contribution is 9.10. The molecule has 9 heteroatoms. The molecule has 0 aliphatic heterocycles. The third-order valence-electron chi connectivity index (χ3n) is 5.59. The van der Waals surface area contributed by atoms with Gasteiger partial charge in [0.15, 0.2) is 0 Å². The van der Waals surface area contributed by atoms with Gasteiger partial charge in [-0.2, -0.15) is 0 Å². The Morgan fingerprint density at radius 1 is 0.973 bits per heavy atom. The maximum Gasteiger partial charge on any atom is 0.269 e. The van der Waals surface area contributed by atoms with Gasteiger partial charge in [-0.15, -0.1) is 11.8 Å². The molecule has 194 valence electrons. The van der Waals surface area contributed by atoms with Crippen molar-refractivity contribution in [2.24, 2.45) is 0 Å². The fourth-order valence-corrected chi connectivity index (χ4v) is 5.14. The molecule has 1 atom stereocenters. The molecular formula is C28H30BrN3O4S. The highest BCUT2D eigenvalue weighted by Crippen LogP contribution is 2.21. The molecule has 0 radical (unpaired) electrons. The summed E-state index contributed by atoms with van der Waals surface area (Å²) in [4.78, 5) is 39.1. The Labute approximate surface area is 229 Å². The van der Waals surface area contributed by atoms with Crippen LogP contribution in [-0.4, -0.2) is 39.5 Å². The van der Waals surface area contributed by atoms with E-state index in [1.165, 1.54) is 23.9 Å². The molecular weight excluding hydrogens is 554 g/mol. The SMILES string of the molecule is CC(C)NC(=O)[C@@H](Cc1ccccc1)N(Cc1cccc(Br)c1)C(=O)CSCc1ccc([N+](=O)[O-])cc1. The lowest BCUT2D eigenvalue weighted by molar-refractivity contribution is -0.384. The van der Waals surface area contributed by atoms with Crippen LogP contribution in [-0.2, 0) is 28.3 Å². The van der Waals surface area contributed by atoms with Crippen molar-refractivity contribution >= 4 is 45.2 Å². The summed E-state index contributed by atoms with van der Waals surface area (Å²) in [5.74, 6) is 0.357. The van der Waals surface area contributed by atoms with Crippen LogP contribution in [0.2, 0.25) is 0 Å². The van der Waals surface area contributed by atoms with Crippen molar-refractivity contribution in [2.45, 2.75) is 44.6 Å². The molecule has 0 fully saturated rings. The number of hydrogen-bond acceptors (Lipinski definition) is 5. The predicted molar refractivity (Wildman–Crippen MR) is 151 cm³/mol. The number of halogens is 1. The molecule has 7 nitrogen and oxygen atoms in total. The van der Waals surface area contributed by atoms with Gasteiger partial charge in [0.2, 0.25) is 11.8 Å². The minimum atomic E-state index is -0.684. The first-order chi connectivity index (χ1) is 17.7. The summed E-state index contributed by atoms with van der Waals surface area (Å²) in [5.41, 5.74) is 2.81. The fourth-order valence-electron chi connectivity index (χ4n) is 3.82. The van der Waals surface area contributed by atoms with Crippen molar-refractivity contribution in [3.8, 4) is 0 Å². The van der Waals surface area contributed by atoms with Crippen LogP contribution in [0.15, 0.2) is 83.3 Å². The Hall–Kier alpha value is -3.17. The maximum absolute atomic E-state index is 13.6. The first kappa shape index (κ1) is 28.4. The number of rotatable bonds is 12. The zero-order valence-electron chi connectivity index (χ0n) is 20.8. The summed E-state index contributed by atoms with van der Waals surface area (Å²) in [7, 11) is 0. The lowest BCUT2D eigenvalue weighted by Gasteiger charge is -2.32. The Morgan fingerprint density at radius 2 is 1.65 bits per heavy atom. The zero-order chi connectivity index (χ0) is 26.8. The molecule has 0 saturated carbocycles. The van der Waals surface area contributed by atoms with Crippen molar-refractivity contribution in [3.63, 3.8) is 0 Å². The van der Waals surface area contributed by atoms with Gasteiger partial charge in [-0.1, -0.05) is 70.5 Å². The molecule has 0 spiro atoms. The minimum absolute atomic E-state index is 0.0324. The van der Waals surface area contributed by atoms with E-state index in [0.29, 0.717) is 18.7 Å². The molecule has 3 rings (SSSR count). The first-order valence-corrected chi connectivity index (χ1v) is 13.9. The quantitative estimate of drug-likeness (QED) is 0.216. The van der Waals surface area contributed by atoms with Crippen LogP contribution in [0.3, 0.4) is 0 Å². The standard InChI is InChI=1S/C28H30BrN3O4S/c1-20(2)30-28(34)26(16-21-7-4-3-5-8-21)31(17-23-9-6-10-24(29)15-23)27(33)19-37-18-22-11-13-25(14-12-22)32(35)36/h3-15,20,26H,16-19H2,1-2H3,(H,30,34)/t26-/m1/s1. The van der Waals surface area contributed by atoms with E-state index in [0.717, 1.165) is 21.2 Å². The Morgan fingerprint density at radius 3 is 2.27 bits per heavy atom. The Kier molecular flexibility index (Phi) is 10.7. The molecule has 1 N–H and O–H groups in total. The molecule has 0 aromatic heterocycles. The topological polar surface area (TPSA) is 92.6 Å². The van der Waals surface area contributed by atoms with E-state index < -0.39 is 11.0 Å². The summed E-state index contributed by atoms with van der Waals surface area (Å²) < 4.78 is 0.899. The lowest BCUT2D eigenvalue weighted by Crippen LogP contribution is -2.52. The number of nitrogens with zero attached hydrogens (tertiary/aromatic N) is 2. The number of carbonyl (C=O) groups is 2. The Bertz CT molecular complexity index is 1210. The van der Waals surface area contributed by atoms with Crippen molar-refractivity contribution in [1.29, 1.82) is 0 Å². The molecule has 37 heavy (non-hydrogen) atoms. The van der Waals surface area contributed by atoms with Gasteiger partial charge in [0.25, 0.3) is 5.69 Å². The smallest absolute Gasteiger partial charge is 0.269 e. The van der Waals surface area contributed by atoms with Gasteiger partial charge in [0, 0.05) is 41.4 Å². The molecule has 0 aliphatic carbocycles. The van der Waals surface area contributed by atoms with E-state index >= 15 is 0 Å². The van der Waals surface area contributed by atoms with Gasteiger partial charge in [-0.05, 0) is 42.7 Å². The average Bonchev–Trinajstić information content (AvgIpc) is 2.86. The van der Waals surface area contributed by atoms with Crippen LogP contribution in [0, 0.1) is 10.1 Å². The molecule has 0 heterocycles. The monoisotopic (exact) mass is 583 g/mol. The molecule has 0 saturated heterocycles. The van der Waals surface area contributed by atoms with E-state index in [2.05, 4.69) is 21.2 Å². The van der Waals surface area contributed by atoms with Crippen LogP contribution >= 0.6 is 27.7 Å². The van der Waals surface area contributed by atoms with Crippen molar-refractivity contribution in [2.75, 3.05) is 5.75 Å². The van der Waals surface area contributed by atoms with Crippen molar-refractivity contribution < 1.29 is 14.5 Å². The number of nitrogens with one attached hydrogen (secondary N) is 1.